The van der Waals surface area contributed by atoms with Crippen molar-refractivity contribution in [2.24, 2.45) is 22.1 Å². The standard InChI is InChI=1S/C8H11N4.3C6H5.Sn/c1-7(3-9)5-11-12-6-8(2)4-10;3*1-2-4-6-5-3-1;/h5,7-8H,6H2,1-2H3;3*1-5H;. The first-order chi connectivity index (χ1) is 15.1. The van der Waals surface area contributed by atoms with E-state index >= 15 is 0 Å². The Morgan fingerprint density at radius 2 is 1.13 bits per heavy atom. The van der Waals surface area contributed by atoms with Crippen molar-refractivity contribution >= 4 is 29.1 Å². The first kappa shape index (κ1) is 22.7. The van der Waals surface area contributed by atoms with Gasteiger partial charge in [-0.15, -0.1) is 0 Å². The Balaban J connectivity index is 2.34. The number of nitrogens with zero attached hydrogens (tertiary/aromatic N) is 4. The number of rotatable bonds is 8. The van der Waals surface area contributed by atoms with Gasteiger partial charge in [0.15, 0.2) is 0 Å². The molecule has 0 radical (unpaired) electrons. The Morgan fingerprint density at radius 3 is 1.48 bits per heavy atom. The molecule has 0 saturated heterocycles. The molecule has 0 heterocycles. The zero-order valence-corrected chi connectivity index (χ0v) is 20.7. The van der Waals surface area contributed by atoms with Gasteiger partial charge in [-0.25, -0.2) is 0 Å². The quantitative estimate of drug-likeness (QED) is 0.340. The van der Waals surface area contributed by atoms with Crippen molar-refractivity contribution in [1.82, 2.24) is 0 Å². The Morgan fingerprint density at radius 1 is 0.710 bits per heavy atom. The van der Waals surface area contributed by atoms with Gasteiger partial charge in [0, 0.05) is 0 Å². The van der Waals surface area contributed by atoms with Crippen LogP contribution < -0.4 is 10.7 Å². The summed E-state index contributed by atoms with van der Waals surface area (Å²) in [6.07, 6.45) is 0. The van der Waals surface area contributed by atoms with E-state index in [1.807, 2.05) is 32.0 Å². The van der Waals surface area contributed by atoms with Gasteiger partial charge in [0.05, 0.1) is 0 Å². The van der Waals surface area contributed by atoms with E-state index in [-0.39, 0.29) is 15.9 Å². The third-order valence-corrected chi connectivity index (χ3v) is 20.5. The average molecular weight is 513 g/mol. The van der Waals surface area contributed by atoms with Crippen molar-refractivity contribution in [1.29, 1.82) is 10.5 Å². The van der Waals surface area contributed by atoms with E-state index in [9.17, 15) is 5.26 Å². The first-order valence-corrected chi connectivity index (χ1v) is 16.4. The normalized spacial score (nSPS) is 14.3. The molecule has 154 valence electrons. The van der Waals surface area contributed by atoms with E-state index < -0.39 is 18.4 Å². The van der Waals surface area contributed by atoms with Crippen LogP contribution >= 0.6 is 0 Å². The van der Waals surface area contributed by atoms with Crippen molar-refractivity contribution < 1.29 is 0 Å². The van der Waals surface area contributed by atoms with E-state index in [1.54, 1.807) is 0 Å². The molecule has 0 aliphatic rings. The zero-order chi connectivity index (χ0) is 22.1. The van der Waals surface area contributed by atoms with Crippen LogP contribution in [0, 0.1) is 34.5 Å². The van der Waals surface area contributed by atoms with Gasteiger partial charge in [-0.05, 0) is 0 Å². The number of azo groups is 1. The molecule has 4 nitrogen and oxygen atoms in total. The van der Waals surface area contributed by atoms with Crippen LogP contribution in [0.25, 0.3) is 0 Å². The fraction of sp³-hybridized carbons (Fsp3) is 0.231. The van der Waals surface area contributed by atoms with Gasteiger partial charge in [0.2, 0.25) is 0 Å². The summed E-state index contributed by atoms with van der Waals surface area (Å²) in [5.74, 6) is -0.533. The molecule has 0 amide bonds. The van der Waals surface area contributed by atoms with E-state index in [1.165, 1.54) is 10.7 Å². The van der Waals surface area contributed by atoms with E-state index in [2.05, 4.69) is 90.0 Å². The summed E-state index contributed by atoms with van der Waals surface area (Å²) in [4.78, 5) is 0. The summed E-state index contributed by atoms with van der Waals surface area (Å²) in [7, 11) is 0. The summed E-state index contributed by atoms with van der Waals surface area (Å²) in [5.41, 5.74) is 0. The molecular formula is C26H26N4Sn. The molecule has 0 saturated carbocycles. The molecule has 3 aromatic rings. The van der Waals surface area contributed by atoms with Crippen molar-refractivity contribution in [3.05, 3.63) is 91.0 Å². The van der Waals surface area contributed by atoms with Gasteiger partial charge in [-0.2, -0.15) is 0 Å². The molecule has 3 atom stereocenters. The number of benzene rings is 3. The van der Waals surface area contributed by atoms with E-state index in [0.29, 0.717) is 6.54 Å². The SMILES string of the molecule is CC(C#N)CN=N[CH](C(C)C#N)[Sn]([c]1ccccc1)([c]1ccccc1)[c]1ccccc1. The summed E-state index contributed by atoms with van der Waals surface area (Å²) >= 11 is -3.85. The van der Waals surface area contributed by atoms with Gasteiger partial charge >= 0.3 is 189 Å². The van der Waals surface area contributed by atoms with Crippen molar-refractivity contribution in [2.75, 3.05) is 6.54 Å². The number of hydrogen-bond donors (Lipinski definition) is 0. The minimum atomic E-state index is -3.85. The van der Waals surface area contributed by atoms with Crippen LogP contribution in [0.3, 0.4) is 0 Å². The predicted molar refractivity (Wildman–Crippen MR) is 127 cm³/mol. The summed E-state index contributed by atoms with van der Waals surface area (Å²) in [5, 5.41) is 28.4. The molecule has 0 spiro atoms. The molecule has 3 unspecified atom stereocenters. The second kappa shape index (κ2) is 10.9. The maximum absolute atomic E-state index is 9.99. The zero-order valence-electron chi connectivity index (χ0n) is 17.9. The number of nitriles is 2. The van der Waals surface area contributed by atoms with Crippen LogP contribution in [0.5, 0.6) is 0 Å². The summed E-state index contributed by atoms with van der Waals surface area (Å²) < 4.78 is 3.51. The number of hydrogen-bond acceptors (Lipinski definition) is 4. The van der Waals surface area contributed by atoms with Gasteiger partial charge in [0.25, 0.3) is 0 Å². The van der Waals surface area contributed by atoms with Crippen LogP contribution in [0.1, 0.15) is 13.8 Å². The van der Waals surface area contributed by atoms with Crippen LogP contribution in [0.4, 0.5) is 0 Å². The molecule has 3 aromatic carbocycles. The second-order valence-corrected chi connectivity index (χ2v) is 19.0. The van der Waals surface area contributed by atoms with Crippen LogP contribution in [-0.2, 0) is 0 Å². The van der Waals surface area contributed by atoms with Crippen LogP contribution in [0.2, 0.25) is 0 Å². The van der Waals surface area contributed by atoms with E-state index in [0.717, 1.165) is 0 Å². The maximum atomic E-state index is 9.99. The van der Waals surface area contributed by atoms with Crippen molar-refractivity contribution in [3.8, 4) is 12.1 Å². The first-order valence-electron chi connectivity index (χ1n) is 10.5. The third-order valence-electron chi connectivity index (χ3n) is 5.59. The molecule has 0 aromatic heterocycles. The molecular weight excluding hydrogens is 487 g/mol. The fourth-order valence-electron chi connectivity index (χ4n) is 4.05. The molecule has 3 rings (SSSR count). The topological polar surface area (TPSA) is 72.3 Å². The van der Waals surface area contributed by atoms with Crippen LogP contribution in [0.15, 0.2) is 101 Å². The molecule has 0 N–H and O–H groups in total. The van der Waals surface area contributed by atoms with Gasteiger partial charge < -0.3 is 0 Å². The van der Waals surface area contributed by atoms with Crippen LogP contribution in [-0.4, -0.2) is 29.0 Å². The summed E-state index contributed by atoms with van der Waals surface area (Å²) in [6, 6.07) is 36.2. The molecule has 31 heavy (non-hydrogen) atoms. The van der Waals surface area contributed by atoms with Gasteiger partial charge in [-0.1, -0.05) is 0 Å². The minimum absolute atomic E-state index is 0.212. The average Bonchev–Trinajstić information content (AvgIpc) is 2.84. The monoisotopic (exact) mass is 514 g/mol. The second-order valence-electron chi connectivity index (χ2n) is 7.74. The van der Waals surface area contributed by atoms with Gasteiger partial charge in [0.1, 0.15) is 0 Å². The van der Waals surface area contributed by atoms with Gasteiger partial charge in [-0.3, -0.25) is 0 Å². The van der Waals surface area contributed by atoms with Crippen molar-refractivity contribution in [3.63, 3.8) is 0 Å². The Kier molecular flexibility index (Phi) is 7.98. The summed E-state index contributed by atoms with van der Waals surface area (Å²) in [6.45, 7) is 4.12. The Labute approximate surface area is 188 Å². The fourth-order valence-corrected chi connectivity index (χ4v) is 19.1. The predicted octanol–water partition coefficient (Wildman–Crippen LogP) is 3.84. The molecule has 0 aliphatic carbocycles. The molecule has 0 fully saturated rings. The Hall–Kier alpha value is -2.96. The van der Waals surface area contributed by atoms with E-state index in [4.69, 9.17) is 10.4 Å². The molecule has 0 bridgehead atoms. The molecule has 5 heteroatoms. The Bertz CT molecular complexity index is 972. The van der Waals surface area contributed by atoms with Crippen molar-refractivity contribution in [2.45, 2.75) is 17.9 Å². The molecule has 0 aliphatic heterocycles. The third kappa shape index (κ3) is 4.86.